The molecule has 7 heteroatoms. The zero-order valence-electron chi connectivity index (χ0n) is 11.5. The average molecular weight is 287 g/mol. The molecule has 0 saturated carbocycles. The van der Waals surface area contributed by atoms with E-state index in [9.17, 15) is 10.1 Å². The van der Waals surface area contributed by atoms with Crippen LogP contribution in [0.5, 0.6) is 0 Å². The molecular weight excluding hydrogens is 270 g/mol. The smallest absolute Gasteiger partial charge is 0.258 e. The predicted molar refractivity (Wildman–Crippen MR) is 77.1 cm³/mol. The van der Waals surface area contributed by atoms with Gasteiger partial charge in [0, 0.05) is 12.1 Å². The molecule has 0 radical (unpaired) electrons. The van der Waals surface area contributed by atoms with Gasteiger partial charge in [-0.25, -0.2) is 14.9 Å². The third kappa shape index (κ3) is 2.76. The summed E-state index contributed by atoms with van der Waals surface area (Å²) in [5.41, 5.74) is 0.122. The number of nitrogens with zero attached hydrogens (tertiary/aromatic N) is 3. The maximum Gasteiger partial charge on any atom is 0.357 e. The number of aromatic nitrogens is 2. The molecule has 2 aromatic heterocycles. The monoisotopic (exact) mass is 287 g/mol. The molecule has 0 aliphatic carbocycles. The van der Waals surface area contributed by atoms with Gasteiger partial charge in [0.25, 0.3) is 5.82 Å². The van der Waals surface area contributed by atoms with Crippen LogP contribution >= 0.6 is 0 Å². The first kappa shape index (κ1) is 13.3. The lowest BCUT2D eigenvalue weighted by Crippen LogP contribution is -2.49. The molecule has 0 unspecified atom stereocenters. The van der Waals surface area contributed by atoms with Gasteiger partial charge in [0.05, 0.1) is 17.3 Å². The predicted octanol–water partition coefficient (Wildman–Crippen LogP) is 0.550. The molecule has 2 N–H and O–H groups in total. The van der Waals surface area contributed by atoms with Crippen LogP contribution in [0.1, 0.15) is 0 Å². The summed E-state index contributed by atoms with van der Waals surface area (Å²) in [6.07, 6.45) is 3.62. The number of hydrogen-bond donors (Lipinski definition) is 0. The summed E-state index contributed by atoms with van der Waals surface area (Å²) in [7, 11) is 0. The van der Waals surface area contributed by atoms with Gasteiger partial charge in [-0.2, -0.15) is 0 Å². The van der Waals surface area contributed by atoms with Crippen LogP contribution in [0.25, 0.3) is 0 Å². The Balaban J connectivity index is 1.73. The van der Waals surface area contributed by atoms with Crippen LogP contribution in [0.2, 0.25) is 0 Å². The number of rotatable bonds is 3. The van der Waals surface area contributed by atoms with Gasteiger partial charge in [-0.15, -0.1) is 0 Å². The molecule has 21 heavy (non-hydrogen) atoms. The minimum Gasteiger partial charge on any atom is -0.258 e. The molecule has 108 valence electrons. The van der Waals surface area contributed by atoms with Crippen molar-refractivity contribution in [3.8, 4) is 0 Å². The van der Waals surface area contributed by atoms with Crippen molar-refractivity contribution in [2.45, 2.75) is 0 Å². The summed E-state index contributed by atoms with van der Waals surface area (Å²) in [5, 5.41) is 11.1. The van der Waals surface area contributed by atoms with Gasteiger partial charge in [0.15, 0.2) is 0 Å². The van der Waals surface area contributed by atoms with E-state index in [1.54, 1.807) is 12.3 Å². The highest BCUT2D eigenvalue weighted by atomic mass is 16.6. The summed E-state index contributed by atoms with van der Waals surface area (Å²) in [4.78, 5) is 21.2. The van der Waals surface area contributed by atoms with E-state index >= 15 is 0 Å². The van der Waals surface area contributed by atoms with Crippen molar-refractivity contribution in [3.63, 3.8) is 0 Å². The maximum absolute atomic E-state index is 11.1. The number of anilines is 2. The molecule has 0 aromatic carbocycles. The van der Waals surface area contributed by atoms with Gasteiger partial charge in [-0.05, 0) is 12.1 Å². The standard InChI is InChI=1S/C14H15N5O2/c20-19(21)12-4-3-7-16-14(12)18-10-8-17(9-11-18)13-5-1-2-6-15-13/h1-7H,8-11H2/p+2. The van der Waals surface area contributed by atoms with E-state index in [1.807, 2.05) is 29.3 Å². The van der Waals surface area contributed by atoms with Gasteiger partial charge < -0.3 is 0 Å². The molecule has 0 spiro atoms. The Bertz CT molecular complexity index is 626. The Hall–Kier alpha value is -2.70. The van der Waals surface area contributed by atoms with Crippen molar-refractivity contribution in [3.05, 3.63) is 52.8 Å². The molecule has 0 amide bonds. The molecule has 1 aliphatic heterocycles. The Morgan fingerprint density at radius 1 is 0.952 bits per heavy atom. The number of hydrogen-bond acceptors (Lipinski definition) is 4. The van der Waals surface area contributed by atoms with Crippen molar-refractivity contribution in [1.82, 2.24) is 0 Å². The third-order valence-electron chi connectivity index (χ3n) is 3.64. The van der Waals surface area contributed by atoms with Gasteiger partial charge in [0.1, 0.15) is 26.2 Å². The number of aromatic amines is 2. The first-order valence-corrected chi connectivity index (χ1v) is 6.87. The molecule has 1 saturated heterocycles. The number of piperazine rings is 1. The minimum absolute atomic E-state index is 0.122. The van der Waals surface area contributed by atoms with E-state index in [4.69, 9.17) is 0 Å². The van der Waals surface area contributed by atoms with Gasteiger partial charge >= 0.3 is 11.5 Å². The zero-order chi connectivity index (χ0) is 14.7. The Morgan fingerprint density at radius 2 is 1.67 bits per heavy atom. The molecule has 0 bridgehead atoms. The van der Waals surface area contributed by atoms with Crippen LogP contribution in [0.3, 0.4) is 0 Å². The van der Waals surface area contributed by atoms with Crippen molar-refractivity contribution in [2.24, 2.45) is 0 Å². The Kier molecular flexibility index (Phi) is 3.63. The summed E-state index contributed by atoms with van der Waals surface area (Å²) < 4.78 is 0. The van der Waals surface area contributed by atoms with Crippen LogP contribution in [0, 0.1) is 10.1 Å². The quantitative estimate of drug-likeness (QED) is 0.610. The number of nitro groups is 1. The summed E-state index contributed by atoms with van der Waals surface area (Å²) in [6, 6.07) is 9.16. The Labute approximate surface area is 122 Å². The van der Waals surface area contributed by atoms with Gasteiger partial charge in [-0.3, -0.25) is 15.0 Å². The van der Waals surface area contributed by atoms with Crippen molar-refractivity contribution in [2.75, 3.05) is 36.0 Å². The lowest BCUT2D eigenvalue weighted by atomic mass is 10.2. The third-order valence-corrected chi connectivity index (χ3v) is 3.64. The molecule has 3 heterocycles. The average Bonchev–Trinajstić information content (AvgIpc) is 2.56. The summed E-state index contributed by atoms with van der Waals surface area (Å²) in [5.74, 6) is 1.66. The van der Waals surface area contributed by atoms with Crippen molar-refractivity contribution in [1.29, 1.82) is 0 Å². The molecule has 7 nitrogen and oxygen atoms in total. The highest BCUT2D eigenvalue weighted by Gasteiger charge is 2.33. The van der Waals surface area contributed by atoms with E-state index in [-0.39, 0.29) is 10.6 Å². The van der Waals surface area contributed by atoms with Crippen molar-refractivity contribution < 1.29 is 14.9 Å². The van der Waals surface area contributed by atoms with E-state index in [1.165, 1.54) is 6.07 Å². The maximum atomic E-state index is 11.1. The fourth-order valence-electron chi connectivity index (χ4n) is 2.57. The number of nitrogens with one attached hydrogen (secondary N) is 2. The van der Waals surface area contributed by atoms with E-state index in [2.05, 4.69) is 14.9 Å². The fourth-order valence-corrected chi connectivity index (χ4v) is 2.57. The highest BCUT2D eigenvalue weighted by Crippen LogP contribution is 2.23. The van der Waals surface area contributed by atoms with Crippen LogP contribution in [0.4, 0.5) is 17.3 Å². The summed E-state index contributed by atoms with van der Waals surface area (Å²) >= 11 is 0. The van der Waals surface area contributed by atoms with Crippen LogP contribution in [-0.2, 0) is 0 Å². The second-order valence-corrected chi connectivity index (χ2v) is 4.88. The van der Waals surface area contributed by atoms with Crippen molar-refractivity contribution >= 4 is 17.3 Å². The van der Waals surface area contributed by atoms with Crippen LogP contribution < -0.4 is 19.8 Å². The SMILES string of the molecule is O=[N+]([O-])c1ccc[nH+]c1N1CCN(c2cccc[nH+]2)CC1. The molecule has 1 aliphatic rings. The normalized spacial score (nSPS) is 15.0. The number of pyridine rings is 2. The van der Waals surface area contributed by atoms with E-state index < -0.39 is 0 Å². The zero-order valence-corrected chi connectivity index (χ0v) is 11.5. The molecule has 3 rings (SSSR count). The molecule has 0 atom stereocenters. The molecule has 2 aromatic rings. The van der Waals surface area contributed by atoms with Gasteiger partial charge in [0.2, 0.25) is 0 Å². The lowest BCUT2D eigenvalue weighted by molar-refractivity contribution is -0.411. The minimum atomic E-state index is -0.344. The second kappa shape index (κ2) is 5.74. The summed E-state index contributed by atoms with van der Waals surface area (Å²) in [6.45, 7) is 3.12. The van der Waals surface area contributed by atoms with Gasteiger partial charge in [-0.1, -0.05) is 6.07 Å². The van der Waals surface area contributed by atoms with Crippen LogP contribution in [-0.4, -0.2) is 31.1 Å². The Morgan fingerprint density at radius 3 is 2.33 bits per heavy atom. The first-order valence-electron chi connectivity index (χ1n) is 6.87. The topological polar surface area (TPSA) is 77.9 Å². The lowest BCUT2D eigenvalue weighted by Gasteiger charge is -2.26. The van der Waals surface area contributed by atoms with E-state index in [0.717, 1.165) is 32.0 Å². The molecule has 1 fully saturated rings. The first-order chi connectivity index (χ1) is 10.3. The van der Waals surface area contributed by atoms with E-state index in [0.29, 0.717) is 5.82 Å². The van der Waals surface area contributed by atoms with Crippen LogP contribution in [0.15, 0.2) is 42.7 Å². The molecular formula is C14H17N5O2+2. The largest absolute Gasteiger partial charge is 0.357 e. The number of H-pyrrole nitrogens is 2. The second-order valence-electron chi connectivity index (χ2n) is 4.88. The fraction of sp³-hybridized carbons (Fsp3) is 0.286. The highest BCUT2D eigenvalue weighted by molar-refractivity contribution is 5.54.